The first-order valence-electron chi connectivity index (χ1n) is 7.00. The summed E-state index contributed by atoms with van der Waals surface area (Å²) in [4.78, 5) is 29.0. The fourth-order valence-electron chi connectivity index (χ4n) is 2.13. The minimum Gasteiger partial charge on any atom is -0.481 e. The van der Waals surface area contributed by atoms with Gasteiger partial charge in [-0.15, -0.1) is 11.8 Å². The molecule has 0 saturated carbocycles. The second kappa shape index (κ2) is 6.29. The Bertz CT molecular complexity index is 762. The molecule has 2 heterocycles. The van der Waals surface area contributed by atoms with Crippen LogP contribution in [0, 0.1) is 0 Å². The van der Waals surface area contributed by atoms with E-state index in [1.165, 1.54) is 25.1 Å². The Balaban J connectivity index is 1.77. The van der Waals surface area contributed by atoms with Crippen molar-refractivity contribution in [3.05, 3.63) is 42.1 Å². The highest BCUT2D eigenvalue weighted by Crippen LogP contribution is 2.36. The molecule has 1 aliphatic rings. The Morgan fingerprint density at radius 1 is 1.35 bits per heavy atom. The normalized spacial score (nSPS) is 16.3. The highest BCUT2D eigenvalue weighted by Gasteiger charge is 2.23. The number of hydrogen-bond donors (Lipinski definition) is 2. The van der Waals surface area contributed by atoms with Crippen molar-refractivity contribution < 1.29 is 14.3 Å². The first-order chi connectivity index (χ1) is 11.1. The number of methoxy groups -OCH3 is 1. The number of ether oxygens (including phenoxy) is 1. The summed E-state index contributed by atoms with van der Waals surface area (Å²) in [6, 6.07) is 8.64. The van der Waals surface area contributed by atoms with Crippen molar-refractivity contribution in [2.45, 2.75) is 17.1 Å². The number of aromatic nitrogens is 1. The maximum Gasteiger partial charge on any atom is 0.255 e. The van der Waals surface area contributed by atoms with Crippen LogP contribution in [0.15, 0.2) is 41.4 Å². The van der Waals surface area contributed by atoms with Crippen LogP contribution in [0.4, 0.5) is 11.4 Å². The number of thioether (sulfide) groups is 1. The van der Waals surface area contributed by atoms with Crippen molar-refractivity contribution in [2.24, 2.45) is 0 Å². The molecule has 2 aromatic rings. The van der Waals surface area contributed by atoms with Crippen LogP contribution in [0.1, 0.15) is 17.3 Å². The van der Waals surface area contributed by atoms with Crippen molar-refractivity contribution in [3.63, 3.8) is 0 Å². The largest absolute Gasteiger partial charge is 0.481 e. The van der Waals surface area contributed by atoms with E-state index in [-0.39, 0.29) is 17.1 Å². The fraction of sp³-hybridized carbons (Fsp3) is 0.188. The first-order valence-corrected chi connectivity index (χ1v) is 7.88. The summed E-state index contributed by atoms with van der Waals surface area (Å²) in [6.07, 6.45) is 1.52. The lowest BCUT2D eigenvalue weighted by molar-refractivity contribution is -0.115. The summed E-state index contributed by atoms with van der Waals surface area (Å²) in [6.45, 7) is 1.85. The molecule has 0 saturated heterocycles. The second-order valence-electron chi connectivity index (χ2n) is 5.00. The number of benzene rings is 1. The molecule has 2 amide bonds. The Hall–Kier alpha value is -2.54. The molecular weight excluding hydrogens is 314 g/mol. The number of nitrogens with one attached hydrogen (secondary N) is 2. The number of nitrogens with zero attached hydrogens (tertiary/aromatic N) is 1. The summed E-state index contributed by atoms with van der Waals surface area (Å²) in [7, 11) is 1.53. The van der Waals surface area contributed by atoms with Crippen LogP contribution in [-0.2, 0) is 4.79 Å². The molecule has 7 heteroatoms. The van der Waals surface area contributed by atoms with Gasteiger partial charge in [-0.25, -0.2) is 4.98 Å². The minimum absolute atomic E-state index is 0.0561. The zero-order chi connectivity index (χ0) is 16.4. The molecule has 6 nitrogen and oxygen atoms in total. The van der Waals surface area contributed by atoms with Gasteiger partial charge in [0.15, 0.2) is 0 Å². The standard InChI is InChI=1S/C16H15N3O3S/c1-9-15(20)19-12-7-10(3-5-13(12)23-9)16(21)18-11-4-6-14(22-2)17-8-11/h3-9H,1-2H3,(H,18,21)(H,19,20)/t9-/m1/s1. The Morgan fingerprint density at radius 2 is 2.17 bits per heavy atom. The van der Waals surface area contributed by atoms with Gasteiger partial charge in [0, 0.05) is 16.5 Å². The third-order valence-electron chi connectivity index (χ3n) is 3.38. The molecular formula is C16H15N3O3S. The van der Waals surface area contributed by atoms with E-state index in [0.717, 1.165) is 4.90 Å². The lowest BCUT2D eigenvalue weighted by Crippen LogP contribution is -2.26. The molecule has 0 radical (unpaired) electrons. The molecule has 118 valence electrons. The minimum atomic E-state index is -0.266. The molecule has 1 aromatic carbocycles. The van der Waals surface area contributed by atoms with E-state index in [1.807, 2.05) is 13.0 Å². The van der Waals surface area contributed by atoms with E-state index in [2.05, 4.69) is 15.6 Å². The van der Waals surface area contributed by atoms with Crippen molar-refractivity contribution in [1.29, 1.82) is 0 Å². The van der Waals surface area contributed by atoms with Crippen LogP contribution in [0.5, 0.6) is 5.88 Å². The molecule has 0 spiro atoms. The Labute approximate surface area is 137 Å². The van der Waals surface area contributed by atoms with Gasteiger partial charge >= 0.3 is 0 Å². The van der Waals surface area contributed by atoms with Crippen LogP contribution < -0.4 is 15.4 Å². The zero-order valence-corrected chi connectivity index (χ0v) is 13.4. The topological polar surface area (TPSA) is 80.3 Å². The number of pyridine rings is 1. The Morgan fingerprint density at radius 3 is 2.87 bits per heavy atom. The predicted octanol–water partition coefficient (Wildman–Crippen LogP) is 2.78. The smallest absolute Gasteiger partial charge is 0.255 e. The number of amides is 2. The zero-order valence-electron chi connectivity index (χ0n) is 12.6. The van der Waals surface area contributed by atoms with E-state index in [4.69, 9.17) is 4.74 Å². The van der Waals surface area contributed by atoms with Crippen LogP contribution >= 0.6 is 11.8 Å². The van der Waals surface area contributed by atoms with Crippen LogP contribution in [-0.4, -0.2) is 29.2 Å². The predicted molar refractivity (Wildman–Crippen MR) is 89.1 cm³/mol. The number of carbonyl (C=O) groups is 2. The number of carbonyl (C=O) groups excluding carboxylic acids is 2. The van der Waals surface area contributed by atoms with Gasteiger partial charge in [-0.2, -0.15) is 0 Å². The molecule has 0 fully saturated rings. The molecule has 2 N–H and O–H groups in total. The summed E-state index contributed by atoms with van der Waals surface area (Å²) in [5.41, 5.74) is 1.70. The lowest BCUT2D eigenvalue weighted by atomic mass is 10.1. The quantitative estimate of drug-likeness (QED) is 0.905. The van der Waals surface area contributed by atoms with E-state index < -0.39 is 0 Å². The molecule has 1 atom stereocenters. The van der Waals surface area contributed by atoms with Gasteiger partial charge in [-0.1, -0.05) is 0 Å². The molecule has 1 aromatic heterocycles. The van der Waals surface area contributed by atoms with Gasteiger partial charge in [0.1, 0.15) is 0 Å². The molecule has 0 unspecified atom stereocenters. The number of rotatable bonds is 3. The van der Waals surface area contributed by atoms with Crippen molar-refractivity contribution in [1.82, 2.24) is 4.98 Å². The summed E-state index contributed by atoms with van der Waals surface area (Å²) < 4.78 is 4.97. The average Bonchev–Trinajstić information content (AvgIpc) is 2.56. The van der Waals surface area contributed by atoms with Crippen LogP contribution in [0.3, 0.4) is 0 Å². The van der Waals surface area contributed by atoms with Crippen LogP contribution in [0.2, 0.25) is 0 Å². The van der Waals surface area contributed by atoms with Crippen molar-refractivity contribution >= 4 is 35.0 Å². The number of hydrogen-bond acceptors (Lipinski definition) is 5. The lowest BCUT2D eigenvalue weighted by Gasteiger charge is -2.21. The summed E-state index contributed by atoms with van der Waals surface area (Å²) in [5.74, 6) is 0.155. The molecule has 3 rings (SSSR count). The maximum atomic E-state index is 12.3. The summed E-state index contributed by atoms with van der Waals surface area (Å²) in [5, 5.41) is 5.44. The number of anilines is 2. The molecule has 0 bridgehead atoms. The monoisotopic (exact) mass is 329 g/mol. The highest BCUT2D eigenvalue weighted by molar-refractivity contribution is 8.00. The Kier molecular flexibility index (Phi) is 4.20. The maximum absolute atomic E-state index is 12.3. The fourth-order valence-corrected chi connectivity index (χ4v) is 3.06. The molecule has 1 aliphatic heterocycles. The molecule has 23 heavy (non-hydrogen) atoms. The molecule has 0 aliphatic carbocycles. The third-order valence-corrected chi connectivity index (χ3v) is 4.55. The van der Waals surface area contributed by atoms with Crippen molar-refractivity contribution in [3.8, 4) is 5.88 Å². The highest BCUT2D eigenvalue weighted by atomic mass is 32.2. The van der Waals surface area contributed by atoms with Crippen molar-refractivity contribution in [2.75, 3.05) is 17.7 Å². The summed E-state index contributed by atoms with van der Waals surface area (Å²) >= 11 is 1.48. The van der Waals surface area contributed by atoms with Gasteiger partial charge in [-0.3, -0.25) is 9.59 Å². The first kappa shape index (κ1) is 15.4. The van der Waals surface area contributed by atoms with E-state index in [9.17, 15) is 9.59 Å². The van der Waals surface area contributed by atoms with E-state index in [0.29, 0.717) is 22.8 Å². The van der Waals surface area contributed by atoms with E-state index >= 15 is 0 Å². The van der Waals surface area contributed by atoms with Gasteiger partial charge in [0.25, 0.3) is 5.91 Å². The van der Waals surface area contributed by atoms with Gasteiger partial charge in [0.05, 0.1) is 29.9 Å². The number of fused-ring (bicyclic) bond motifs is 1. The van der Waals surface area contributed by atoms with E-state index in [1.54, 1.807) is 24.3 Å². The van der Waals surface area contributed by atoms with Gasteiger partial charge in [-0.05, 0) is 31.2 Å². The van der Waals surface area contributed by atoms with Gasteiger partial charge in [0.2, 0.25) is 11.8 Å². The third kappa shape index (κ3) is 3.29. The van der Waals surface area contributed by atoms with Crippen LogP contribution in [0.25, 0.3) is 0 Å². The SMILES string of the molecule is COc1ccc(NC(=O)c2ccc3c(c2)NC(=O)[C@@H](C)S3)cn1. The second-order valence-corrected chi connectivity index (χ2v) is 6.39. The average molecular weight is 329 g/mol. The van der Waals surface area contributed by atoms with Gasteiger partial charge < -0.3 is 15.4 Å².